The first-order chi connectivity index (χ1) is 13.4. The molecule has 5 heteroatoms. The van der Waals surface area contributed by atoms with Crippen molar-refractivity contribution in [1.82, 2.24) is 10.2 Å². The van der Waals surface area contributed by atoms with Crippen LogP contribution in [-0.4, -0.2) is 37.7 Å². The summed E-state index contributed by atoms with van der Waals surface area (Å²) in [6.45, 7) is 8.38. The normalized spacial score (nSPS) is 22.7. The minimum absolute atomic E-state index is 0.269. The molecule has 0 spiro atoms. The summed E-state index contributed by atoms with van der Waals surface area (Å²) in [5, 5.41) is 5.18. The lowest BCUT2D eigenvalue weighted by atomic mass is 9.83. The van der Waals surface area contributed by atoms with E-state index in [-0.39, 0.29) is 5.92 Å². The predicted molar refractivity (Wildman–Crippen MR) is 120 cm³/mol. The van der Waals surface area contributed by atoms with E-state index >= 15 is 0 Å². The molecule has 2 aromatic carbocycles. The van der Waals surface area contributed by atoms with Crippen molar-refractivity contribution in [2.45, 2.75) is 38.8 Å². The highest BCUT2D eigenvalue weighted by atomic mass is 35.5. The molecule has 2 aliphatic rings. The van der Waals surface area contributed by atoms with E-state index in [1.807, 2.05) is 6.07 Å². The molecule has 1 N–H and O–H groups in total. The molecule has 28 heavy (non-hydrogen) atoms. The summed E-state index contributed by atoms with van der Waals surface area (Å²) < 4.78 is 0. The smallest absolute Gasteiger partial charge is 0.0685 e. The fourth-order valence-corrected chi connectivity index (χ4v) is 5.30. The summed E-state index contributed by atoms with van der Waals surface area (Å²) in [4.78, 5) is 4.84. The van der Waals surface area contributed by atoms with E-state index in [2.05, 4.69) is 66.3 Å². The minimum atomic E-state index is 0.269. The SMILES string of the molecule is CC(C)CC1CN(c2ccccc2[C@@H]2CN(C)Cc3c(Cl)cc(Cl)cc32)CN1. The zero-order valence-corrected chi connectivity index (χ0v) is 18.4. The average molecular weight is 418 g/mol. The molecule has 0 bridgehead atoms. The van der Waals surface area contributed by atoms with E-state index in [1.165, 1.54) is 28.8 Å². The molecule has 4 rings (SSSR count). The number of benzene rings is 2. The molecule has 0 aliphatic carbocycles. The molecule has 2 aliphatic heterocycles. The number of halogens is 2. The molecule has 0 amide bonds. The Kier molecular flexibility index (Phi) is 5.89. The first kappa shape index (κ1) is 20.0. The Bertz CT molecular complexity index is 852. The van der Waals surface area contributed by atoms with Gasteiger partial charge < -0.3 is 9.80 Å². The molecule has 1 saturated heterocycles. The molecular formula is C23H29Cl2N3. The van der Waals surface area contributed by atoms with Crippen molar-refractivity contribution in [3.05, 3.63) is 63.1 Å². The second-order valence-electron chi connectivity index (χ2n) is 8.67. The molecule has 0 saturated carbocycles. The third kappa shape index (κ3) is 4.04. The van der Waals surface area contributed by atoms with Crippen LogP contribution < -0.4 is 10.2 Å². The van der Waals surface area contributed by atoms with Gasteiger partial charge in [-0.3, -0.25) is 5.32 Å². The van der Waals surface area contributed by atoms with Crippen molar-refractivity contribution >= 4 is 28.9 Å². The van der Waals surface area contributed by atoms with Crippen LogP contribution in [-0.2, 0) is 6.54 Å². The van der Waals surface area contributed by atoms with E-state index in [1.54, 1.807) is 0 Å². The van der Waals surface area contributed by atoms with Crippen LogP contribution in [0, 0.1) is 5.92 Å². The monoisotopic (exact) mass is 417 g/mol. The van der Waals surface area contributed by atoms with Crippen LogP contribution in [0.5, 0.6) is 0 Å². The Morgan fingerprint density at radius 2 is 1.89 bits per heavy atom. The Balaban J connectivity index is 1.70. The number of hydrogen-bond acceptors (Lipinski definition) is 3. The van der Waals surface area contributed by atoms with Gasteiger partial charge >= 0.3 is 0 Å². The quantitative estimate of drug-likeness (QED) is 0.722. The van der Waals surface area contributed by atoms with Gasteiger partial charge in [0.05, 0.1) is 6.67 Å². The maximum Gasteiger partial charge on any atom is 0.0685 e. The van der Waals surface area contributed by atoms with Crippen molar-refractivity contribution in [2.24, 2.45) is 5.92 Å². The Morgan fingerprint density at radius 3 is 2.68 bits per heavy atom. The first-order valence-electron chi connectivity index (χ1n) is 10.2. The fraction of sp³-hybridized carbons (Fsp3) is 0.478. The summed E-state index contributed by atoms with van der Waals surface area (Å²) in [5.41, 5.74) is 5.16. The van der Waals surface area contributed by atoms with Crippen molar-refractivity contribution in [2.75, 3.05) is 31.7 Å². The Labute approximate surface area is 178 Å². The van der Waals surface area contributed by atoms with Gasteiger partial charge in [0.2, 0.25) is 0 Å². The van der Waals surface area contributed by atoms with Crippen LogP contribution in [0.25, 0.3) is 0 Å². The number of anilines is 1. The van der Waals surface area contributed by atoms with E-state index in [4.69, 9.17) is 23.2 Å². The van der Waals surface area contributed by atoms with Crippen molar-refractivity contribution in [3.63, 3.8) is 0 Å². The van der Waals surface area contributed by atoms with Crippen LogP contribution in [0.3, 0.4) is 0 Å². The second-order valence-corrected chi connectivity index (χ2v) is 9.52. The van der Waals surface area contributed by atoms with Crippen molar-refractivity contribution < 1.29 is 0 Å². The lowest BCUT2D eigenvalue weighted by Gasteiger charge is -2.35. The summed E-state index contributed by atoms with van der Waals surface area (Å²) in [5.74, 6) is 0.973. The highest BCUT2D eigenvalue weighted by molar-refractivity contribution is 6.35. The Morgan fingerprint density at radius 1 is 1.11 bits per heavy atom. The van der Waals surface area contributed by atoms with Gasteiger partial charge in [-0.05, 0) is 54.3 Å². The molecule has 2 aromatic rings. The van der Waals surface area contributed by atoms with Gasteiger partial charge in [-0.2, -0.15) is 0 Å². The van der Waals surface area contributed by atoms with Gasteiger partial charge in [0.25, 0.3) is 0 Å². The van der Waals surface area contributed by atoms with E-state index in [0.717, 1.165) is 36.3 Å². The number of para-hydroxylation sites is 1. The minimum Gasteiger partial charge on any atom is -0.357 e. The van der Waals surface area contributed by atoms with E-state index < -0.39 is 0 Å². The van der Waals surface area contributed by atoms with Crippen molar-refractivity contribution in [3.8, 4) is 0 Å². The highest BCUT2D eigenvalue weighted by Gasteiger charge is 2.31. The maximum atomic E-state index is 6.57. The summed E-state index contributed by atoms with van der Waals surface area (Å²) in [6, 6.07) is 13.4. The van der Waals surface area contributed by atoms with E-state index in [0.29, 0.717) is 12.0 Å². The van der Waals surface area contributed by atoms with Crippen LogP contribution in [0.1, 0.15) is 42.9 Å². The molecular weight excluding hydrogens is 389 g/mol. The summed E-state index contributed by atoms with van der Waals surface area (Å²) in [6.07, 6.45) is 1.21. The van der Waals surface area contributed by atoms with Crippen LogP contribution in [0.15, 0.2) is 36.4 Å². The van der Waals surface area contributed by atoms with Crippen LogP contribution in [0.4, 0.5) is 5.69 Å². The molecule has 2 heterocycles. The number of likely N-dealkylation sites (N-methyl/N-ethyl adjacent to an activating group) is 1. The Hall–Kier alpha value is -1.26. The van der Waals surface area contributed by atoms with Gasteiger partial charge in [-0.25, -0.2) is 0 Å². The first-order valence-corrected chi connectivity index (χ1v) is 10.9. The number of hydrogen-bond donors (Lipinski definition) is 1. The lowest BCUT2D eigenvalue weighted by molar-refractivity contribution is 0.295. The largest absolute Gasteiger partial charge is 0.357 e. The summed E-state index contributed by atoms with van der Waals surface area (Å²) in [7, 11) is 2.17. The number of fused-ring (bicyclic) bond motifs is 1. The third-order valence-electron chi connectivity index (χ3n) is 5.91. The fourth-order valence-electron chi connectivity index (χ4n) is 4.73. The zero-order valence-electron chi connectivity index (χ0n) is 16.9. The lowest BCUT2D eigenvalue weighted by Crippen LogP contribution is -2.32. The summed E-state index contributed by atoms with van der Waals surface area (Å²) >= 11 is 13.0. The molecule has 1 fully saturated rings. The van der Waals surface area contributed by atoms with Gasteiger partial charge in [0.1, 0.15) is 0 Å². The van der Waals surface area contributed by atoms with Crippen LogP contribution >= 0.6 is 23.2 Å². The number of nitrogens with zero attached hydrogens (tertiary/aromatic N) is 2. The van der Waals surface area contributed by atoms with Gasteiger partial charge in [-0.1, -0.05) is 55.2 Å². The maximum absolute atomic E-state index is 6.57. The molecule has 150 valence electrons. The molecule has 0 radical (unpaired) electrons. The van der Waals surface area contributed by atoms with Gasteiger partial charge in [0.15, 0.2) is 0 Å². The zero-order chi connectivity index (χ0) is 19.8. The number of rotatable bonds is 4. The predicted octanol–water partition coefficient (Wildman–Crippen LogP) is 5.35. The molecule has 1 unspecified atom stereocenters. The highest BCUT2D eigenvalue weighted by Crippen LogP contribution is 2.41. The molecule has 0 aromatic heterocycles. The average Bonchev–Trinajstić information content (AvgIpc) is 3.09. The standard InChI is InChI=1S/C23H29Cl2N3/c1-15(2)8-17-11-28(14-26-17)23-7-5-4-6-18(23)20-12-27(3)13-21-19(20)9-16(24)10-22(21)25/h4-7,9-10,15,17,20,26H,8,11-14H2,1-3H3/t17?,20-/m0/s1. The number of nitrogens with one attached hydrogen (secondary N) is 1. The van der Waals surface area contributed by atoms with E-state index in [9.17, 15) is 0 Å². The van der Waals surface area contributed by atoms with Gasteiger partial charge in [-0.15, -0.1) is 0 Å². The molecule has 3 nitrogen and oxygen atoms in total. The second kappa shape index (κ2) is 8.23. The third-order valence-corrected chi connectivity index (χ3v) is 6.47. The topological polar surface area (TPSA) is 18.5 Å². The van der Waals surface area contributed by atoms with Crippen LogP contribution in [0.2, 0.25) is 10.0 Å². The van der Waals surface area contributed by atoms with Crippen molar-refractivity contribution in [1.29, 1.82) is 0 Å². The van der Waals surface area contributed by atoms with Gasteiger partial charge in [0, 0.05) is 47.3 Å². The molecule has 2 atom stereocenters.